The van der Waals surface area contributed by atoms with Crippen molar-refractivity contribution in [2.75, 3.05) is 0 Å². The molecule has 0 radical (unpaired) electrons. The molecule has 3 rings (SSSR count). The molecule has 30 heavy (non-hydrogen) atoms. The number of allylic oxidation sites excluding steroid dienone is 2. The second-order valence-corrected chi connectivity index (χ2v) is 8.26. The van der Waals surface area contributed by atoms with Gasteiger partial charge in [-0.3, -0.25) is 4.98 Å². The van der Waals surface area contributed by atoms with Crippen molar-refractivity contribution >= 4 is 28.9 Å². The highest BCUT2D eigenvalue weighted by atomic mass is 35.5. The van der Waals surface area contributed by atoms with Crippen LogP contribution in [0.5, 0.6) is 0 Å². The van der Waals surface area contributed by atoms with Crippen molar-refractivity contribution in [3.05, 3.63) is 83.9 Å². The summed E-state index contributed by atoms with van der Waals surface area (Å²) in [6, 6.07) is 9.02. The van der Waals surface area contributed by atoms with E-state index in [2.05, 4.69) is 21.5 Å². The maximum Gasteiger partial charge on any atom is 0.246 e. The maximum atomic E-state index is 10.1. The zero-order valence-electron chi connectivity index (χ0n) is 16.5. The summed E-state index contributed by atoms with van der Waals surface area (Å²) in [6.07, 6.45) is 8.09. The van der Waals surface area contributed by atoms with E-state index in [9.17, 15) is 5.11 Å². The molecule has 6 nitrogen and oxygen atoms in total. The van der Waals surface area contributed by atoms with Gasteiger partial charge in [0.25, 0.3) is 0 Å². The highest BCUT2D eigenvalue weighted by Crippen LogP contribution is 2.36. The number of hydrogen-bond acceptors (Lipinski definition) is 7. The average molecular weight is 441 g/mol. The van der Waals surface area contributed by atoms with Crippen LogP contribution < -0.4 is 5.73 Å². The summed E-state index contributed by atoms with van der Waals surface area (Å²) in [5.74, 6) is 0.358. The van der Waals surface area contributed by atoms with Crippen LogP contribution in [0.2, 0.25) is 5.02 Å². The van der Waals surface area contributed by atoms with Gasteiger partial charge in [0.15, 0.2) is 5.09 Å². The van der Waals surface area contributed by atoms with E-state index in [1.807, 2.05) is 18.2 Å². The highest BCUT2D eigenvalue weighted by Gasteiger charge is 2.20. The van der Waals surface area contributed by atoms with Gasteiger partial charge in [-0.25, -0.2) is 9.97 Å². The Kier molecular flexibility index (Phi) is 6.77. The number of hydrogen-bond donors (Lipinski definition) is 2. The lowest BCUT2D eigenvalue weighted by Crippen LogP contribution is -2.19. The van der Waals surface area contributed by atoms with Crippen molar-refractivity contribution in [3.8, 4) is 11.6 Å². The van der Waals surface area contributed by atoms with Crippen LogP contribution in [0.1, 0.15) is 19.5 Å². The highest BCUT2D eigenvalue weighted by molar-refractivity contribution is 7.99. The average Bonchev–Trinajstić information content (AvgIpc) is 3.13. The summed E-state index contributed by atoms with van der Waals surface area (Å²) in [5, 5.41) is 11.8. The van der Waals surface area contributed by atoms with Crippen molar-refractivity contribution in [2.45, 2.75) is 29.6 Å². The molecule has 154 valence electrons. The summed E-state index contributed by atoms with van der Waals surface area (Å²) in [7, 11) is 0. The van der Waals surface area contributed by atoms with E-state index in [1.54, 1.807) is 50.5 Å². The molecule has 3 N–H and O–H groups in total. The molecule has 8 heteroatoms. The summed E-state index contributed by atoms with van der Waals surface area (Å²) in [4.78, 5) is 13.2. The zero-order chi connectivity index (χ0) is 21.7. The Balaban J connectivity index is 2.01. The molecule has 0 spiro atoms. The van der Waals surface area contributed by atoms with Gasteiger partial charge in [0, 0.05) is 24.2 Å². The van der Waals surface area contributed by atoms with E-state index in [-0.39, 0.29) is 0 Å². The van der Waals surface area contributed by atoms with Crippen LogP contribution in [0.25, 0.3) is 17.2 Å². The molecule has 0 aromatic carbocycles. The van der Waals surface area contributed by atoms with Gasteiger partial charge in [-0.05, 0) is 55.4 Å². The van der Waals surface area contributed by atoms with E-state index in [0.29, 0.717) is 43.6 Å². The Morgan fingerprint density at radius 2 is 2.03 bits per heavy atom. The van der Waals surface area contributed by atoms with Crippen LogP contribution in [0, 0.1) is 0 Å². The largest absolute Gasteiger partial charge is 0.427 e. The van der Waals surface area contributed by atoms with Crippen LogP contribution in [0.4, 0.5) is 0 Å². The number of halogens is 1. The quantitative estimate of drug-likeness (QED) is 0.492. The minimum Gasteiger partial charge on any atom is -0.427 e. The van der Waals surface area contributed by atoms with Gasteiger partial charge < -0.3 is 15.3 Å². The number of oxazole rings is 1. The van der Waals surface area contributed by atoms with Crippen LogP contribution in [-0.2, 0) is 0 Å². The van der Waals surface area contributed by atoms with Gasteiger partial charge in [-0.15, -0.1) is 0 Å². The molecule has 0 fully saturated rings. The first kappa shape index (κ1) is 21.8. The van der Waals surface area contributed by atoms with E-state index >= 15 is 0 Å². The molecule has 0 bridgehead atoms. The topological polar surface area (TPSA) is 98.1 Å². The molecule has 0 atom stereocenters. The fourth-order valence-corrected chi connectivity index (χ4v) is 3.21. The van der Waals surface area contributed by atoms with Gasteiger partial charge in [-0.2, -0.15) is 0 Å². The van der Waals surface area contributed by atoms with Crippen molar-refractivity contribution in [3.63, 3.8) is 0 Å². The first-order valence-corrected chi connectivity index (χ1v) is 10.2. The minimum atomic E-state index is -1.05. The second-order valence-electron chi connectivity index (χ2n) is 6.83. The van der Waals surface area contributed by atoms with Crippen LogP contribution in [-0.4, -0.2) is 25.7 Å². The van der Waals surface area contributed by atoms with Crippen molar-refractivity contribution < 1.29 is 9.52 Å². The van der Waals surface area contributed by atoms with Gasteiger partial charge in [0.1, 0.15) is 16.4 Å². The number of rotatable bonds is 7. The van der Waals surface area contributed by atoms with Gasteiger partial charge >= 0.3 is 0 Å². The first-order valence-electron chi connectivity index (χ1n) is 9.01. The van der Waals surface area contributed by atoms with Gasteiger partial charge in [-0.1, -0.05) is 36.4 Å². The third kappa shape index (κ3) is 5.38. The monoisotopic (exact) mass is 440 g/mol. The number of aromatic nitrogens is 3. The predicted molar refractivity (Wildman–Crippen MR) is 120 cm³/mol. The van der Waals surface area contributed by atoms with E-state index in [1.165, 1.54) is 18.0 Å². The molecule has 0 aliphatic carbocycles. The van der Waals surface area contributed by atoms with Crippen LogP contribution in [0.15, 0.2) is 87.8 Å². The molecule has 0 unspecified atom stereocenters. The lowest BCUT2D eigenvalue weighted by molar-refractivity contribution is 0.124. The molecule has 0 saturated heterocycles. The SMILES string of the molecule is C=C(/C=C\C(=C/N)c1nc(-c2ccccn2)oc1Sc1ccc(Cl)cn1)C(C)(C)O. The van der Waals surface area contributed by atoms with Gasteiger partial charge in [0.05, 0.1) is 10.6 Å². The van der Waals surface area contributed by atoms with Crippen LogP contribution in [0.3, 0.4) is 0 Å². The fourth-order valence-electron chi connectivity index (χ4n) is 2.28. The first-order chi connectivity index (χ1) is 14.3. The standard InChI is InChI=1S/C22H21ClN4O2S/c1-14(22(2,3)28)7-8-15(12-24)19-21(30-18-10-9-16(23)13-26-18)29-20(27-19)17-6-4-5-11-25-17/h4-13,28H,1,24H2,2-3H3/b8-7-,15-12+. The molecule has 3 heterocycles. The molecule has 3 aromatic rings. The molecule has 0 amide bonds. The molecule has 3 aromatic heterocycles. The van der Waals surface area contributed by atoms with Crippen molar-refractivity contribution in [1.82, 2.24) is 15.0 Å². The van der Waals surface area contributed by atoms with Gasteiger partial charge in [0.2, 0.25) is 5.89 Å². The number of nitrogens with two attached hydrogens (primary N) is 1. The Morgan fingerprint density at radius 3 is 2.63 bits per heavy atom. The summed E-state index contributed by atoms with van der Waals surface area (Å²) in [6.45, 7) is 7.21. The summed E-state index contributed by atoms with van der Waals surface area (Å²) >= 11 is 7.22. The third-order valence-corrected chi connectivity index (χ3v) is 5.22. The normalized spacial score (nSPS) is 12.5. The number of nitrogens with zero attached hydrogens (tertiary/aromatic N) is 3. The molecule has 0 aliphatic rings. The lowest BCUT2D eigenvalue weighted by atomic mass is 9.99. The van der Waals surface area contributed by atoms with E-state index in [4.69, 9.17) is 21.8 Å². The van der Waals surface area contributed by atoms with Crippen molar-refractivity contribution in [1.29, 1.82) is 0 Å². The molecule has 0 aliphatic heterocycles. The summed E-state index contributed by atoms with van der Waals surface area (Å²) in [5.41, 5.74) is 7.09. The third-order valence-electron chi connectivity index (χ3n) is 4.08. The number of pyridine rings is 2. The maximum absolute atomic E-state index is 10.1. The van der Waals surface area contributed by atoms with Crippen molar-refractivity contribution in [2.24, 2.45) is 5.73 Å². The zero-order valence-corrected chi connectivity index (χ0v) is 18.1. The Bertz CT molecular complexity index is 1080. The molecular weight excluding hydrogens is 420 g/mol. The fraction of sp³-hybridized carbons (Fsp3) is 0.136. The molecule has 0 saturated carbocycles. The summed E-state index contributed by atoms with van der Waals surface area (Å²) < 4.78 is 6.01. The Labute approximate surface area is 184 Å². The van der Waals surface area contributed by atoms with E-state index < -0.39 is 5.60 Å². The van der Waals surface area contributed by atoms with Crippen LogP contribution >= 0.6 is 23.4 Å². The Hall–Kier alpha value is -2.87. The predicted octanol–water partition coefficient (Wildman–Crippen LogP) is 5.12. The smallest absolute Gasteiger partial charge is 0.246 e. The molecular formula is C22H21ClN4O2S. The van der Waals surface area contributed by atoms with E-state index in [0.717, 1.165) is 0 Å². The lowest BCUT2D eigenvalue weighted by Gasteiger charge is -2.17. The number of aliphatic hydroxyl groups is 1. The Morgan fingerprint density at radius 1 is 1.23 bits per heavy atom. The second kappa shape index (κ2) is 9.30. The minimum absolute atomic E-state index is 0.358.